The number of Topliss-reactive ketones (excluding diaryl/α,β-unsaturated/α-hetero) is 1. The van der Waals surface area contributed by atoms with Gasteiger partial charge in [0.05, 0.1) is 6.04 Å². The highest BCUT2D eigenvalue weighted by Gasteiger charge is 2.15. The predicted molar refractivity (Wildman–Crippen MR) is 81.0 cm³/mol. The van der Waals surface area contributed by atoms with E-state index in [2.05, 4.69) is 15.9 Å². The number of ketones is 1. The molecule has 98 valence electrons. The molecule has 2 nitrogen and oxygen atoms in total. The molecule has 0 fully saturated rings. The van der Waals surface area contributed by atoms with Crippen molar-refractivity contribution in [1.29, 1.82) is 0 Å². The Balaban J connectivity index is 1.99. The van der Waals surface area contributed by atoms with Crippen molar-refractivity contribution in [1.82, 2.24) is 0 Å². The first kappa shape index (κ1) is 14.0. The molecule has 0 saturated carbocycles. The third kappa shape index (κ3) is 4.01. The lowest BCUT2D eigenvalue weighted by Crippen LogP contribution is -2.34. The number of carbonyl (C=O) groups excluding carboxylic acids is 1. The second kappa shape index (κ2) is 6.64. The number of halogens is 1. The summed E-state index contributed by atoms with van der Waals surface area (Å²) < 4.78 is 0.954. The molecule has 3 heteroatoms. The number of nitrogens with two attached hydrogens (primary N) is 1. The molecule has 19 heavy (non-hydrogen) atoms. The fraction of sp³-hybridized carbons (Fsp3) is 0.188. The van der Waals surface area contributed by atoms with Crippen molar-refractivity contribution in [2.75, 3.05) is 0 Å². The SMILES string of the molecule is NC(Cc1ccccc1)C(=O)Cc1ccccc1Br. The molecule has 2 N–H and O–H groups in total. The Kier molecular flexibility index (Phi) is 4.88. The molecule has 0 aliphatic carbocycles. The van der Waals surface area contributed by atoms with Gasteiger partial charge in [0.25, 0.3) is 0 Å². The van der Waals surface area contributed by atoms with Gasteiger partial charge in [0.1, 0.15) is 0 Å². The average molecular weight is 318 g/mol. The molecule has 0 spiro atoms. The third-order valence-electron chi connectivity index (χ3n) is 3.03. The van der Waals surface area contributed by atoms with Gasteiger partial charge in [-0.1, -0.05) is 64.5 Å². The van der Waals surface area contributed by atoms with Crippen LogP contribution < -0.4 is 5.73 Å². The van der Waals surface area contributed by atoms with Gasteiger partial charge in [0.15, 0.2) is 5.78 Å². The van der Waals surface area contributed by atoms with Gasteiger partial charge in [0, 0.05) is 10.9 Å². The van der Waals surface area contributed by atoms with Gasteiger partial charge in [-0.25, -0.2) is 0 Å². The number of carbonyl (C=O) groups is 1. The lowest BCUT2D eigenvalue weighted by molar-refractivity contribution is -0.119. The summed E-state index contributed by atoms with van der Waals surface area (Å²) in [5.74, 6) is 0.0655. The lowest BCUT2D eigenvalue weighted by Gasteiger charge is -2.11. The monoisotopic (exact) mass is 317 g/mol. The average Bonchev–Trinajstić information content (AvgIpc) is 2.42. The Morgan fingerprint density at radius 1 is 1.05 bits per heavy atom. The van der Waals surface area contributed by atoms with Crippen LogP contribution in [0.1, 0.15) is 11.1 Å². The van der Waals surface area contributed by atoms with Crippen molar-refractivity contribution < 1.29 is 4.79 Å². The van der Waals surface area contributed by atoms with Gasteiger partial charge < -0.3 is 5.73 Å². The zero-order chi connectivity index (χ0) is 13.7. The van der Waals surface area contributed by atoms with Gasteiger partial charge >= 0.3 is 0 Å². The van der Waals surface area contributed by atoms with Gasteiger partial charge in [-0.3, -0.25) is 4.79 Å². The van der Waals surface area contributed by atoms with E-state index >= 15 is 0 Å². The molecule has 0 saturated heterocycles. The first-order valence-corrected chi connectivity index (χ1v) is 7.02. The number of hydrogen-bond acceptors (Lipinski definition) is 2. The Morgan fingerprint density at radius 2 is 1.68 bits per heavy atom. The normalized spacial score (nSPS) is 12.1. The highest BCUT2D eigenvalue weighted by atomic mass is 79.9. The van der Waals surface area contributed by atoms with Crippen molar-refractivity contribution in [3.8, 4) is 0 Å². The second-order valence-corrected chi connectivity index (χ2v) is 5.39. The number of hydrogen-bond donors (Lipinski definition) is 1. The Bertz CT molecular complexity index is 554. The predicted octanol–water partition coefficient (Wildman–Crippen LogP) is 3.13. The fourth-order valence-electron chi connectivity index (χ4n) is 1.94. The van der Waals surface area contributed by atoms with E-state index in [9.17, 15) is 4.79 Å². The molecule has 0 aliphatic heterocycles. The van der Waals surface area contributed by atoms with Crippen LogP contribution in [0.15, 0.2) is 59.1 Å². The van der Waals surface area contributed by atoms with Crippen molar-refractivity contribution in [3.63, 3.8) is 0 Å². The summed E-state index contributed by atoms with van der Waals surface area (Å²) in [6, 6.07) is 17.1. The van der Waals surface area contributed by atoms with E-state index in [1.54, 1.807) is 0 Å². The molecule has 2 aromatic carbocycles. The lowest BCUT2D eigenvalue weighted by atomic mass is 9.98. The Hall–Kier alpha value is -1.45. The van der Waals surface area contributed by atoms with Crippen molar-refractivity contribution in [3.05, 3.63) is 70.2 Å². The molecule has 0 aromatic heterocycles. The Morgan fingerprint density at radius 3 is 2.37 bits per heavy atom. The van der Waals surface area contributed by atoms with E-state index in [-0.39, 0.29) is 5.78 Å². The molecular formula is C16H16BrNO. The summed E-state index contributed by atoms with van der Waals surface area (Å²) in [6.07, 6.45) is 0.958. The number of rotatable bonds is 5. The van der Waals surface area contributed by atoms with E-state index in [1.165, 1.54) is 0 Å². The zero-order valence-electron chi connectivity index (χ0n) is 10.6. The van der Waals surface area contributed by atoms with E-state index in [1.807, 2.05) is 54.6 Å². The van der Waals surface area contributed by atoms with Crippen LogP contribution in [0.5, 0.6) is 0 Å². The van der Waals surface area contributed by atoms with Crippen molar-refractivity contribution >= 4 is 21.7 Å². The van der Waals surface area contributed by atoms with E-state index in [0.29, 0.717) is 12.8 Å². The van der Waals surface area contributed by atoms with Crippen molar-refractivity contribution in [2.24, 2.45) is 5.73 Å². The highest BCUT2D eigenvalue weighted by molar-refractivity contribution is 9.10. The molecule has 0 heterocycles. The molecule has 1 unspecified atom stereocenters. The van der Waals surface area contributed by atoms with E-state index in [4.69, 9.17) is 5.73 Å². The van der Waals surface area contributed by atoms with Crippen LogP contribution in [0.4, 0.5) is 0 Å². The zero-order valence-corrected chi connectivity index (χ0v) is 12.1. The van der Waals surface area contributed by atoms with Gasteiger partial charge in [-0.05, 0) is 23.6 Å². The van der Waals surface area contributed by atoms with Crippen LogP contribution in [0.3, 0.4) is 0 Å². The van der Waals surface area contributed by atoms with Crippen LogP contribution >= 0.6 is 15.9 Å². The third-order valence-corrected chi connectivity index (χ3v) is 3.81. The minimum Gasteiger partial charge on any atom is -0.321 e. The molecule has 0 radical (unpaired) electrons. The van der Waals surface area contributed by atoms with E-state index in [0.717, 1.165) is 15.6 Å². The fourth-order valence-corrected chi connectivity index (χ4v) is 2.37. The topological polar surface area (TPSA) is 43.1 Å². The molecule has 0 amide bonds. The molecule has 1 atom stereocenters. The molecule has 2 aromatic rings. The largest absolute Gasteiger partial charge is 0.321 e. The van der Waals surface area contributed by atoms with E-state index < -0.39 is 6.04 Å². The van der Waals surface area contributed by atoms with Crippen LogP contribution in [-0.4, -0.2) is 11.8 Å². The maximum Gasteiger partial charge on any atom is 0.154 e. The minimum atomic E-state index is -0.450. The van der Waals surface area contributed by atoms with Crippen LogP contribution in [0.2, 0.25) is 0 Å². The van der Waals surface area contributed by atoms with Crippen LogP contribution in [0.25, 0.3) is 0 Å². The van der Waals surface area contributed by atoms with Crippen LogP contribution in [-0.2, 0) is 17.6 Å². The summed E-state index contributed by atoms with van der Waals surface area (Å²) in [4.78, 5) is 12.1. The second-order valence-electron chi connectivity index (χ2n) is 4.53. The molecule has 0 bridgehead atoms. The number of benzene rings is 2. The minimum absolute atomic E-state index is 0.0655. The quantitative estimate of drug-likeness (QED) is 0.920. The first-order chi connectivity index (χ1) is 9.16. The maximum absolute atomic E-state index is 12.1. The summed E-state index contributed by atoms with van der Waals surface area (Å²) in [5.41, 5.74) is 8.06. The smallest absolute Gasteiger partial charge is 0.154 e. The van der Waals surface area contributed by atoms with Gasteiger partial charge in [-0.2, -0.15) is 0 Å². The maximum atomic E-state index is 12.1. The molecule has 2 rings (SSSR count). The van der Waals surface area contributed by atoms with Crippen LogP contribution in [0, 0.1) is 0 Å². The summed E-state index contributed by atoms with van der Waals surface area (Å²) >= 11 is 3.45. The van der Waals surface area contributed by atoms with Gasteiger partial charge in [0.2, 0.25) is 0 Å². The molecule has 0 aliphatic rings. The summed E-state index contributed by atoms with van der Waals surface area (Å²) in [7, 11) is 0. The molecular weight excluding hydrogens is 302 g/mol. The summed E-state index contributed by atoms with van der Waals surface area (Å²) in [5, 5.41) is 0. The Labute approximate surface area is 121 Å². The standard InChI is InChI=1S/C16H16BrNO/c17-14-9-5-4-8-13(14)11-16(19)15(18)10-12-6-2-1-3-7-12/h1-9,15H,10-11,18H2. The van der Waals surface area contributed by atoms with Gasteiger partial charge in [-0.15, -0.1) is 0 Å². The summed E-state index contributed by atoms with van der Waals surface area (Å²) in [6.45, 7) is 0. The van der Waals surface area contributed by atoms with Crippen molar-refractivity contribution in [2.45, 2.75) is 18.9 Å². The first-order valence-electron chi connectivity index (χ1n) is 6.22. The highest BCUT2D eigenvalue weighted by Crippen LogP contribution is 2.17.